The van der Waals surface area contributed by atoms with Crippen molar-refractivity contribution in [3.8, 4) is 0 Å². The molecule has 1 rings (SSSR count). The summed E-state index contributed by atoms with van der Waals surface area (Å²) < 4.78 is 0. The van der Waals surface area contributed by atoms with Crippen molar-refractivity contribution in [2.45, 2.75) is 6.04 Å². The Morgan fingerprint density at radius 3 is 2.47 bits per heavy atom. The molecule has 0 aliphatic carbocycles. The number of rotatable bonds is 4. The summed E-state index contributed by atoms with van der Waals surface area (Å²) in [6.45, 7) is -0.176. The van der Waals surface area contributed by atoms with Crippen LogP contribution in [0.5, 0.6) is 0 Å². The van der Waals surface area contributed by atoms with E-state index in [0.29, 0.717) is 5.02 Å². The molecule has 0 saturated heterocycles. The third-order valence-corrected chi connectivity index (χ3v) is 2.41. The number of benzene rings is 1. The van der Waals surface area contributed by atoms with E-state index in [9.17, 15) is 4.79 Å². The van der Waals surface area contributed by atoms with Gasteiger partial charge in [-0.3, -0.25) is 4.79 Å². The Morgan fingerprint density at radius 1 is 1.40 bits per heavy atom. The van der Waals surface area contributed by atoms with Gasteiger partial charge in [-0.15, -0.1) is 11.6 Å². The molecule has 2 N–H and O–H groups in total. The molecule has 0 bridgehead atoms. The van der Waals surface area contributed by atoms with Gasteiger partial charge in [0.2, 0.25) is 5.91 Å². The van der Waals surface area contributed by atoms with Crippen molar-refractivity contribution in [3.05, 3.63) is 34.9 Å². The molecule has 0 saturated carbocycles. The van der Waals surface area contributed by atoms with Crippen molar-refractivity contribution >= 4 is 29.1 Å². The number of alkyl halides is 1. The summed E-state index contributed by atoms with van der Waals surface area (Å²) >= 11 is 11.1. The first-order chi connectivity index (χ1) is 7.17. The molecule has 0 aromatic heterocycles. The lowest BCUT2D eigenvalue weighted by Gasteiger charge is -2.15. The van der Waals surface area contributed by atoms with E-state index in [0.717, 1.165) is 5.56 Å². The predicted molar refractivity (Wildman–Crippen MR) is 60.1 cm³/mol. The van der Waals surface area contributed by atoms with Crippen molar-refractivity contribution < 1.29 is 9.90 Å². The smallest absolute Gasteiger partial charge is 0.235 e. The second kappa shape index (κ2) is 5.95. The molecule has 1 aromatic carbocycles. The number of hydrogen-bond donors (Lipinski definition) is 2. The highest BCUT2D eigenvalue weighted by Crippen LogP contribution is 2.16. The van der Waals surface area contributed by atoms with Gasteiger partial charge in [0.05, 0.1) is 12.6 Å². The summed E-state index contributed by atoms with van der Waals surface area (Å²) in [6.07, 6.45) is 0. The molecule has 0 aliphatic rings. The minimum absolute atomic E-state index is 0.121. The number of nitrogens with one attached hydrogen (secondary N) is 1. The van der Waals surface area contributed by atoms with Crippen LogP contribution >= 0.6 is 23.2 Å². The molecule has 82 valence electrons. The number of carbonyl (C=O) groups excluding carboxylic acids is 1. The Morgan fingerprint density at radius 2 is 2.00 bits per heavy atom. The highest BCUT2D eigenvalue weighted by Gasteiger charge is 2.12. The first-order valence-electron chi connectivity index (χ1n) is 4.39. The molecule has 0 radical (unpaired) electrons. The number of aliphatic hydroxyl groups is 1. The van der Waals surface area contributed by atoms with E-state index in [4.69, 9.17) is 28.3 Å². The summed E-state index contributed by atoms with van der Waals surface area (Å²) in [7, 11) is 0. The van der Waals surface area contributed by atoms with E-state index in [1.807, 2.05) is 0 Å². The van der Waals surface area contributed by atoms with Gasteiger partial charge in [-0.25, -0.2) is 0 Å². The van der Waals surface area contributed by atoms with Gasteiger partial charge in [-0.05, 0) is 17.7 Å². The zero-order valence-corrected chi connectivity index (χ0v) is 9.42. The Balaban J connectivity index is 2.74. The second-order valence-electron chi connectivity index (χ2n) is 2.99. The van der Waals surface area contributed by atoms with Gasteiger partial charge in [0, 0.05) is 5.02 Å². The van der Waals surface area contributed by atoms with Crippen LogP contribution in [0.25, 0.3) is 0 Å². The third kappa shape index (κ3) is 3.70. The van der Waals surface area contributed by atoms with Crippen LogP contribution in [0.3, 0.4) is 0 Å². The van der Waals surface area contributed by atoms with E-state index >= 15 is 0 Å². The van der Waals surface area contributed by atoms with Crippen LogP contribution in [0.4, 0.5) is 0 Å². The molecular weight excluding hydrogens is 237 g/mol. The molecule has 3 nitrogen and oxygen atoms in total. The number of aliphatic hydroxyl groups excluding tert-OH is 1. The quantitative estimate of drug-likeness (QED) is 0.797. The predicted octanol–water partition coefficient (Wildman–Crippen LogP) is 1.73. The summed E-state index contributed by atoms with van der Waals surface area (Å²) in [5, 5.41) is 12.3. The zero-order valence-electron chi connectivity index (χ0n) is 7.91. The van der Waals surface area contributed by atoms with E-state index in [-0.39, 0.29) is 18.4 Å². The molecule has 1 atom stereocenters. The SMILES string of the molecule is O=C(CCl)NC(CO)c1ccc(Cl)cc1. The Labute approximate surface area is 98.0 Å². The summed E-state index contributed by atoms with van der Waals surface area (Å²) in [6, 6.07) is 6.46. The van der Waals surface area contributed by atoms with Crippen LogP contribution in [-0.2, 0) is 4.79 Å². The maximum atomic E-state index is 11.0. The Kier molecular flexibility index (Phi) is 4.88. The normalized spacial score (nSPS) is 12.2. The lowest BCUT2D eigenvalue weighted by atomic mass is 10.1. The van der Waals surface area contributed by atoms with Crippen molar-refractivity contribution in [3.63, 3.8) is 0 Å². The maximum absolute atomic E-state index is 11.0. The average molecular weight is 248 g/mol. The molecule has 0 aliphatic heterocycles. The van der Waals surface area contributed by atoms with Crippen LogP contribution in [-0.4, -0.2) is 23.5 Å². The van der Waals surface area contributed by atoms with E-state index in [2.05, 4.69) is 5.32 Å². The highest BCUT2D eigenvalue weighted by atomic mass is 35.5. The Bertz CT molecular complexity index is 327. The summed E-state index contributed by atoms with van der Waals surface area (Å²) in [4.78, 5) is 11.0. The van der Waals surface area contributed by atoms with Gasteiger partial charge in [0.15, 0.2) is 0 Å². The molecular formula is C10H11Cl2NO2. The summed E-state index contributed by atoms with van der Waals surface area (Å²) in [5.41, 5.74) is 0.792. The van der Waals surface area contributed by atoms with Gasteiger partial charge < -0.3 is 10.4 Å². The third-order valence-electron chi connectivity index (χ3n) is 1.91. The van der Waals surface area contributed by atoms with Gasteiger partial charge in [0.1, 0.15) is 5.88 Å². The van der Waals surface area contributed by atoms with E-state index in [1.165, 1.54) is 0 Å². The summed E-state index contributed by atoms with van der Waals surface area (Å²) in [5.74, 6) is -0.435. The molecule has 0 fully saturated rings. The van der Waals surface area contributed by atoms with Gasteiger partial charge in [0.25, 0.3) is 0 Å². The van der Waals surface area contributed by atoms with Crippen molar-refractivity contribution in [2.75, 3.05) is 12.5 Å². The van der Waals surface area contributed by atoms with Crippen LogP contribution in [0.15, 0.2) is 24.3 Å². The number of carbonyl (C=O) groups is 1. The molecule has 0 heterocycles. The minimum atomic E-state index is -0.437. The Hall–Kier alpha value is -0.770. The maximum Gasteiger partial charge on any atom is 0.235 e. The topological polar surface area (TPSA) is 49.3 Å². The molecule has 1 unspecified atom stereocenters. The fraction of sp³-hybridized carbons (Fsp3) is 0.300. The first kappa shape index (κ1) is 12.3. The number of hydrogen-bond acceptors (Lipinski definition) is 2. The lowest BCUT2D eigenvalue weighted by molar-refractivity contribution is -0.119. The number of halogens is 2. The highest BCUT2D eigenvalue weighted by molar-refractivity contribution is 6.30. The van der Waals surface area contributed by atoms with Crippen LogP contribution in [0.2, 0.25) is 5.02 Å². The van der Waals surface area contributed by atoms with Crippen LogP contribution in [0.1, 0.15) is 11.6 Å². The molecule has 1 amide bonds. The molecule has 0 spiro atoms. The van der Waals surface area contributed by atoms with Crippen LogP contribution in [0, 0.1) is 0 Å². The molecule has 1 aromatic rings. The van der Waals surface area contributed by atoms with Crippen LogP contribution < -0.4 is 5.32 Å². The zero-order chi connectivity index (χ0) is 11.3. The molecule has 5 heteroatoms. The second-order valence-corrected chi connectivity index (χ2v) is 3.69. The first-order valence-corrected chi connectivity index (χ1v) is 5.30. The fourth-order valence-electron chi connectivity index (χ4n) is 1.16. The van der Waals surface area contributed by atoms with Gasteiger partial charge in [-0.2, -0.15) is 0 Å². The van der Waals surface area contributed by atoms with Gasteiger partial charge >= 0.3 is 0 Å². The minimum Gasteiger partial charge on any atom is -0.394 e. The largest absolute Gasteiger partial charge is 0.394 e. The van der Waals surface area contributed by atoms with Crippen molar-refractivity contribution in [1.82, 2.24) is 5.32 Å². The monoisotopic (exact) mass is 247 g/mol. The van der Waals surface area contributed by atoms with E-state index < -0.39 is 6.04 Å². The fourth-order valence-corrected chi connectivity index (χ4v) is 1.37. The average Bonchev–Trinajstić information content (AvgIpc) is 2.27. The lowest BCUT2D eigenvalue weighted by Crippen LogP contribution is -2.31. The standard InChI is InChI=1S/C10H11Cl2NO2/c11-5-10(15)13-9(6-14)7-1-3-8(12)4-2-7/h1-4,9,14H,5-6H2,(H,13,15). The van der Waals surface area contributed by atoms with Crippen molar-refractivity contribution in [2.24, 2.45) is 0 Å². The van der Waals surface area contributed by atoms with Crippen molar-refractivity contribution in [1.29, 1.82) is 0 Å². The van der Waals surface area contributed by atoms with Gasteiger partial charge in [-0.1, -0.05) is 23.7 Å². The number of amides is 1. The van der Waals surface area contributed by atoms with E-state index in [1.54, 1.807) is 24.3 Å². The molecule has 15 heavy (non-hydrogen) atoms.